The van der Waals surface area contributed by atoms with Crippen molar-refractivity contribution in [3.8, 4) is 16.9 Å². The van der Waals surface area contributed by atoms with Gasteiger partial charge in [-0.15, -0.1) is 11.3 Å². The number of ether oxygens (including phenoxy) is 1. The number of thiophene rings is 1. The van der Waals surface area contributed by atoms with E-state index < -0.39 is 0 Å². The molecule has 0 atom stereocenters. The number of aromatic amines is 1. The van der Waals surface area contributed by atoms with Crippen molar-refractivity contribution in [2.75, 3.05) is 7.11 Å². The van der Waals surface area contributed by atoms with Crippen molar-refractivity contribution in [2.24, 2.45) is 0 Å². The molecule has 5 heteroatoms. The van der Waals surface area contributed by atoms with E-state index in [1.165, 1.54) is 11.3 Å². The Bertz CT molecular complexity index is 893. The summed E-state index contributed by atoms with van der Waals surface area (Å²) in [5.41, 5.74) is 2.91. The Labute approximate surface area is 132 Å². The summed E-state index contributed by atoms with van der Waals surface area (Å²) in [6.45, 7) is 6.03. The van der Waals surface area contributed by atoms with Gasteiger partial charge in [-0.3, -0.25) is 4.79 Å². The van der Waals surface area contributed by atoms with E-state index in [2.05, 4.69) is 9.97 Å². The van der Waals surface area contributed by atoms with Crippen LogP contribution in [-0.4, -0.2) is 17.1 Å². The van der Waals surface area contributed by atoms with Crippen molar-refractivity contribution in [2.45, 2.75) is 26.7 Å². The van der Waals surface area contributed by atoms with Crippen LogP contribution in [0.1, 0.15) is 31.2 Å². The summed E-state index contributed by atoms with van der Waals surface area (Å²) in [4.78, 5) is 20.7. The van der Waals surface area contributed by atoms with Gasteiger partial charge in [-0.2, -0.15) is 0 Å². The highest BCUT2D eigenvalue weighted by Gasteiger charge is 2.14. The molecule has 0 spiro atoms. The molecule has 0 aliphatic carbocycles. The third-order valence-corrected chi connectivity index (χ3v) is 4.59. The first kappa shape index (κ1) is 14.8. The fourth-order valence-electron chi connectivity index (χ4n) is 2.50. The van der Waals surface area contributed by atoms with E-state index in [0.717, 1.165) is 33.1 Å². The first-order valence-corrected chi connectivity index (χ1v) is 8.05. The molecule has 22 heavy (non-hydrogen) atoms. The summed E-state index contributed by atoms with van der Waals surface area (Å²) in [6, 6.07) is 5.94. The van der Waals surface area contributed by atoms with E-state index in [1.807, 2.05) is 44.4 Å². The van der Waals surface area contributed by atoms with Gasteiger partial charge >= 0.3 is 0 Å². The highest BCUT2D eigenvalue weighted by Crippen LogP contribution is 2.33. The average molecular weight is 314 g/mol. The number of H-pyrrole nitrogens is 1. The molecule has 3 aromatic rings. The van der Waals surface area contributed by atoms with Crippen LogP contribution in [0.4, 0.5) is 0 Å². The predicted molar refractivity (Wildman–Crippen MR) is 91.1 cm³/mol. The van der Waals surface area contributed by atoms with Gasteiger partial charge in [0.25, 0.3) is 5.56 Å². The molecule has 2 heterocycles. The third-order valence-electron chi connectivity index (χ3n) is 3.71. The highest BCUT2D eigenvalue weighted by molar-refractivity contribution is 7.17. The van der Waals surface area contributed by atoms with Crippen LogP contribution in [0.5, 0.6) is 5.75 Å². The number of rotatable bonds is 3. The Balaban J connectivity index is 2.20. The number of hydrogen-bond acceptors (Lipinski definition) is 4. The van der Waals surface area contributed by atoms with Crippen molar-refractivity contribution in [3.63, 3.8) is 0 Å². The number of benzene rings is 1. The normalized spacial score (nSPS) is 11.3. The van der Waals surface area contributed by atoms with Crippen LogP contribution in [0, 0.1) is 6.92 Å². The van der Waals surface area contributed by atoms with Gasteiger partial charge in [-0.1, -0.05) is 19.9 Å². The lowest BCUT2D eigenvalue weighted by Gasteiger charge is -2.07. The topological polar surface area (TPSA) is 55.0 Å². The largest absolute Gasteiger partial charge is 0.496 e. The standard InChI is InChI=1S/C17H18N2O2S/c1-9(2)15-18-16(20)14-12(8-22-17(14)19-15)11-5-6-13(21-4)10(3)7-11/h5-9H,1-4H3,(H,18,19,20). The number of methoxy groups -OCH3 is 1. The fourth-order valence-corrected chi connectivity index (χ4v) is 3.45. The van der Waals surface area contributed by atoms with Gasteiger partial charge < -0.3 is 9.72 Å². The molecular weight excluding hydrogens is 296 g/mol. The highest BCUT2D eigenvalue weighted by atomic mass is 32.1. The molecule has 0 bridgehead atoms. The Morgan fingerprint density at radius 1 is 1.32 bits per heavy atom. The molecule has 0 unspecified atom stereocenters. The summed E-state index contributed by atoms with van der Waals surface area (Å²) in [5.74, 6) is 1.78. The SMILES string of the molecule is COc1ccc(-c2csc3nc(C(C)C)[nH]c(=O)c23)cc1C. The van der Waals surface area contributed by atoms with Crippen molar-refractivity contribution < 1.29 is 4.74 Å². The second-order valence-corrected chi connectivity index (χ2v) is 6.48. The summed E-state index contributed by atoms with van der Waals surface area (Å²) in [6.07, 6.45) is 0. The lowest BCUT2D eigenvalue weighted by Crippen LogP contribution is -2.12. The summed E-state index contributed by atoms with van der Waals surface area (Å²) in [7, 11) is 1.66. The van der Waals surface area contributed by atoms with Crippen LogP contribution in [0.15, 0.2) is 28.4 Å². The molecule has 4 nitrogen and oxygen atoms in total. The number of aromatic nitrogens is 2. The van der Waals surface area contributed by atoms with Crippen LogP contribution in [0.25, 0.3) is 21.3 Å². The van der Waals surface area contributed by atoms with Gasteiger partial charge in [0.1, 0.15) is 16.4 Å². The minimum atomic E-state index is -0.0709. The molecule has 1 N–H and O–H groups in total. The smallest absolute Gasteiger partial charge is 0.260 e. The van der Waals surface area contributed by atoms with Gasteiger partial charge in [0.15, 0.2) is 0 Å². The van der Waals surface area contributed by atoms with Crippen LogP contribution >= 0.6 is 11.3 Å². The van der Waals surface area contributed by atoms with E-state index in [9.17, 15) is 4.79 Å². The zero-order valence-corrected chi connectivity index (χ0v) is 13.9. The minimum Gasteiger partial charge on any atom is -0.496 e. The number of nitrogens with one attached hydrogen (secondary N) is 1. The molecular formula is C17H18N2O2S. The van der Waals surface area contributed by atoms with Crippen molar-refractivity contribution >= 4 is 21.6 Å². The molecule has 2 aromatic heterocycles. The summed E-state index contributed by atoms with van der Waals surface area (Å²) < 4.78 is 5.29. The fraction of sp³-hybridized carbons (Fsp3) is 0.294. The predicted octanol–water partition coefficient (Wildman–Crippen LogP) is 4.09. The van der Waals surface area contributed by atoms with Gasteiger partial charge in [-0.05, 0) is 30.2 Å². The molecule has 0 saturated heterocycles. The molecule has 3 rings (SSSR count). The summed E-state index contributed by atoms with van der Waals surface area (Å²) in [5, 5.41) is 2.66. The molecule has 114 valence electrons. The molecule has 0 amide bonds. The number of aryl methyl sites for hydroxylation is 1. The average Bonchev–Trinajstić information content (AvgIpc) is 2.91. The Morgan fingerprint density at radius 3 is 2.73 bits per heavy atom. The van der Waals surface area contributed by atoms with Crippen LogP contribution in [0.2, 0.25) is 0 Å². The molecule has 0 aliphatic rings. The molecule has 0 aliphatic heterocycles. The van der Waals surface area contributed by atoms with Gasteiger partial charge in [0, 0.05) is 16.9 Å². The summed E-state index contributed by atoms with van der Waals surface area (Å²) >= 11 is 1.51. The molecule has 1 aromatic carbocycles. The van der Waals surface area contributed by atoms with E-state index in [-0.39, 0.29) is 11.5 Å². The third kappa shape index (κ3) is 2.41. The Hall–Kier alpha value is -2.14. The van der Waals surface area contributed by atoms with Crippen LogP contribution < -0.4 is 10.3 Å². The van der Waals surface area contributed by atoms with Crippen LogP contribution in [-0.2, 0) is 0 Å². The van der Waals surface area contributed by atoms with E-state index in [4.69, 9.17) is 4.74 Å². The monoisotopic (exact) mass is 314 g/mol. The van der Waals surface area contributed by atoms with Gasteiger partial charge in [0.05, 0.1) is 12.5 Å². The maximum Gasteiger partial charge on any atom is 0.260 e. The lowest BCUT2D eigenvalue weighted by molar-refractivity contribution is 0.412. The number of fused-ring (bicyclic) bond motifs is 1. The Kier molecular flexibility index (Phi) is 3.74. The lowest BCUT2D eigenvalue weighted by atomic mass is 10.0. The van der Waals surface area contributed by atoms with Crippen molar-refractivity contribution in [1.29, 1.82) is 0 Å². The minimum absolute atomic E-state index is 0.0709. The van der Waals surface area contributed by atoms with Crippen LogP contribution in [0.3, 0.4) is 0 Å². The maximum atomic E-state index is 12.5. The first-order chi connectivity index (χ1) is 10.5. The van der Waals surface area contributed by atoms with Crippen molar-refractivity contribution in [3.05, 3.63) is 45.3 Å². The second-order valence-electron chi connectivity index (χ2n) is 5.62. The van der Waals surface area contributed by atoms with E-state index >= 15 is 0 Å². The second kappa shape index (κ2) is 5.57. The molecule has 0 saturated carbocycles. The first-order valence-electron chi connectivity index (χ1n) is 7.17. The molecule has 0 fully saturated rings. The molecule has 0 radical (unpaired) electrons. The van der Waals surface area contributed by atoms with Gasteiger partial charge in [0.2, 0.25) is 0 Å². The zero-order valence-electron chi connectivity index (χ0n) is 13.1. The zero-order chi connectivity index (χ0) is 15.9. The Morgan fingerprint density at radius 2 is 2.09 bits per heavy atom. The number of nitrogens with zero attached hydrogens (tertiary/aromatic N) is 1. The van der Waals surface area contributed by atoms with Crippen molar-refractivity contribution in [1.82, 2.24) is 9.97 Å². The quantitative estimate of drug-likeness (QED) is 0.792. The van der Waals surface area contributed by atoms with Gasteiger partial charge in [-0.25, -0.2) is 4.98 Å². The van der Waals surface area contributed by atoms with E-state index in [1.54, 1.807) is 7.11 Å². The number of hydrogen-bond donors (Lipinski definition) is 1. The van der Waals surface area contributed by atoms with E-state index in [0.29, 0.717) is 5.39 Å². The maximum absolute atomic E-state index is 12.5.